The van der Waals surface area contributed by atoms with Crippen molar-refractivity contribution in [2.24, 2.45) is 0 Å². The molecule has 0 aromatic heterocycles. The van der Waals surface area contributed by atoms with Crippen LogP contribution in [0.4, 0.5) is 5.69 Å². The molecule has 0 spiro atoms. The number of carbonyl (C=O) groups excluding carboxylic acids is 1. The van der Waals surface area contributed by atoms with E-state index in [2.05, 4.69) is 5.32 Å². The van der Waals surface area contributed by atoms with Crippen molar-refractivity contribution in [2.75, 3.05) is 5.73 Å². The zero-order chi connectivity index (χ0) is 15.3. The Morgan fingerprint density at radius 3 is 2.45 bits per heavy atom. The van der Waals surface area contributed by atoms with Gasteiger partial charge in [-0.05, 0) is 37.1 Å². The Hall–Kier alpha value is -2.57. The van der Waals surface area contributed by atoms with Gasteiger partial charge in [-0.2, -0.15) is 0 Å². The Morgan fingerprint density at radius 2 is 1.95 bits per heavy atom. The second kappa shape index (κ2) is 6.55. The molecule has 0 bridgehead atoms. The fourth-order valence-electron chi connectivity index (χ4n) is 1.70. The number of carbonyl (C=O) groups is 3. The fourth-order valence-corrected chi connectivity index (χ4v) is 1.70. The summed E-state index contributed by atoms with van der Waals surface area (Å²) in [7, 11) is 0. The summed E-state index contributed by atoms with van der Waals surface area (Å²) in [5.74, 6) is -2.96. The predicted molar refractivity (Wildman–Crippen MR) is 71.4 cm³/mol. The van der Waals surface area contributed by atoms with E-state index in [4.69, 9.17) is 15.9 Å². The summed E-state index contributed by atoms with van der Waals surface area (Å²) in [6.07, 6.45) is -0.512. The molecule has 0 saturated carbocycles. The minimum atomic E-state index is -1.27. The third-order valence-electron chi connectivity index (χ3n) is 2.75. The molecule has 0 aliphatic rings. The van der Waals surface area contributed by atoms with Crippen molar-refractivity contribution < 1.29 is 24.6 Å². The van der Waals surface area contributed by atoms with E-state index in [1.54, 1.807) is 13.0 Å². The molecule has 1 aromatic rings. The van der Waals surface area contributed by atoms with Crippen LogP contribution in [0.15, 0.2) is 18.2 Å². The average molecular weight is 280 g/mol. The largest absolute Gasteiger partial charge is 0.481 e. The number of amides is 1. The molecule has 7 heteroatoms. The molecule has 20 heavy (non-hydrogen) atoms. The lowest BCUT2D eigenvalue weighted by Crippen LogP contribution is -2.41. The first-order chi connectivity index (χ1) is 9.31. The zero-order valence-electron chi connectivity index (χ0n) is 10.9. The molecule has 108 valence electrons. The molecule has 0 aliphatic heterocycles. The van der Waals surface area contributed by atoms with Gasteiger partial charge in [-0.1, -0.05) is 0 Å². The van der Waals surface area contributed by atoms with Gasteiger partial charge in [0.25, 0.3) is 5.91 Å². The Balaban J connectivity index is 2.80. The molecule has 1 aromatic carbocycles. The van der Waals surface area contributed by atoms with E-state index in [9.17, 15) is 14.4 Å². The zero-order valence-corrected chi connectivity index (χ0v) is 10.9. The van der Waals surface area contributed by atoms with Crippen molar-refractivity contribution in [3.8, 4) is 0 Å². The first-order valence-electron chi connectivity index (χ1n) is 5.93. The van der Waals surface area contributed by atoms with E-state index in [1.165, 1.54) is 12.1 Å². The number of nitrogens with two attached hydrogens (primary N) is 1. The smallest absolute Gasteiger partial charge is 0.326 e. The van der Waals surface area contributed by atoms with Crippen LogP contribution in [0.25, 0.3) is 0 Å². The fraction of sp³-hybridized carbons (Fsp3) is 0.308. The molecule has 7 nitrogen and oxygen atoms in total. The minimum absolute atomic E-state index is 0.176. The van der Waals surface area contributed by atoms with Crippen molar-refractivity contribution in [1.82, 2.24) is 5.32 Å². The van der Waals surface area contributed by atoms with Crippen molar-refractivity contribution in [2.45, 2.75) is 25.8 Å². The first kappa shape index (κ1) is 15.5. The molecule has 0 radical (unpaired) electrons. The highest BCUT2D eigenvalue weighted by molar-refractivity contribution is 5.98. The average Bonchev–Trinajstić information content (AvgIpc) is 2.33. The first-order valence-corrected chi connectivity index (χ1v) is 5.93. The maximum absolute atomic E-state index is 12.0. The van der Waals surface area contributed by atoms with Crippen LogP contribution in [0, 0.1) is 6.92 Å². The quantitative estimate of drug-likeness (QED) is 0.565. The number of anilines is 1. The van der Waals surface area contributed by atoms with Gasteiger partial charge in [0.15, 0.2) is 0 Å². The number of rotatable bonds is 6. The van der Waals surface area contributed by atoms with Gasteiger partial charge in [0.2, 0.25) is 0 Å². The molecule has 1 amide bonds. The van der Waals surface area contributed by atoms with Gasteiger partial charge >= 0.3 is 11.9 Å². The molecule has 0 aliphatic carbocycles. The number of hydrogen-bond acceptors (Lipinski definition) is 4. The summed E-state index contributed by atoms with van der Waals surface area (Å²) < 4.78 is 0. The normalized spacial score (nSPS) is 11.7. The summed E-state index contributed by atoms with van der Waals surface area (Å²) in [6.45, 7) is 1.68. The summed E-state index contributed by atoms with van der Waals surface area (Å²) in [5, 5.41) is 19.8. The van der Waals surface area contributed by atoms with Crippen molar-refractivity contribution in [3.63, 3.8) is 0 Å². The Kier molecular flexibility index (Phi) is 5.08. The molecule has 0 fully saturated rings. The standard InChI is InChI=1S/C13H16N2O5/c1-7-6-8(14)2-3-9(7)12(18)15-10(13(19)20)4-5-11(16)17/h2-3,6,10H,4-5,14H2,1H3,(H,15,18)(H,16,17)(H,19,20)/t10-/m1/s1. The summed E-state index contributed by atoms with van der Waals surface area (Å²) >= 11 is 0. The lowest BCUT2D eigenvalue weighted by Gasteiger charge is -2.14. The Bertz CT molecular complexity index is 542. The lowest BCUT2D eigenvalue weighted by molar-refractivity contribution is -0.140. The SMILES string of the molecule is Cc1cc(N)ccc1C(=O)N[C@H](CCC(=O)O)C(=O)O. The molecular formula is C13H16N2O5. The summed E-state index contributed by atoms with van der Waals surface area (Å²) in [4.78, 5) is 33.4. The number of benzene rings is 1. The number of aryl methyl sites for hydroxylation is 1. The number of aliphatic carboxylic acids is 2. The van der Waals surface area contributed by atoms with E-state index >= 15 is 0 Å². The highest BCUT2D eigenvalue weighted by atomic mass is 16.4. The molecule has 0 heterocycles. The van der Waals surface area contributed by atoms with Crippen LogP contribution in [0.2, 0.25) is 0 Å². The van der Waals surface area contributed by atoms with Crippen LogP contribution in [0.1, 0.15) is 28.8 Å². The van der Waals surface area contributed by atoms with E-state index < -0.39 is 23.9 Å². The van der Waals surface area contributed by atoms with Crippen LogP contribution in [0.3, 0.4) is 0 Å². The second-order valence-electron chi connectivity index (χ2n) is 4.37. The van der Waals surface area contributed by atoms with E-state index in [0.29, 0.717) is 16.8 Å². The minimum Gasteiger partial charge on any atom is -0.481 e. The molecule has 0 unspecified atom stereocenters. The van der Waals surface area contributed by atoms with Gasteiger partial charge in [-0.25, -0.2) is 4.79 Å². The summed E-state index contributed by atoms with van der Waals surface area (Å²) in [6, 6.07) is 3.39. The molecule has 0 saturated heterocycles. The van der Waals surface area contributed by atoms with Gasteiger partial charge in [-0.3, -0.25) is 9.59 Å². The van der Waals surface area contributed by atoms with Crippen LogP contribution in [-0.4, -0.2) is 34.1 Å². The van der Waals surface area contributed by atoms with Crippen LogP contribution in [0.5, 0.6) is 0 Å². The van der Waals surface area contributed by atoms with E-state index in [1.807, 2.05) is 0 Å². The van der Waals surface area contributed by atoms with Crippen LogP contribution < -0.4 is 11.1 Å². The lowest BCUT2D eigenvalue weighted by atomic mass is 10.1. The van der Waals surface area contributed by atoms with Gasteiger partial charge in [0.1, 0.15) is 6.04 Å². The maximum atomic E-state index is 12.0. The third kappa shape index (κ3) is 4.27. The topological polar surface area (TPSA) is 130 Å². The van der Waals surface area contributed by atoms with Gasteiger partial charge < -0.3 is 21.3 Å². The Labute approximate surface area is 115 Å². The van der Waals surface area contributed by atoms with E-state index in [0.717, 1.165) is 0 Å². The number of carboxylic acids is 2. The highest BCUT2D eigenvalue weighted by Crippen LogP contribution is 2.13. The van der Waals surface area contributed by atoms with Crippen molar-refractivity contribution in [1.29, 1.82) is 0 Å². The van der Waals surface area contributed by atoms with Crippen molar-refractivity contribution in [3.05, 3.63) is 29.3 Å². The summed E-state index contributed by atoms with van der Waals surface area (Å²) in [5.41, 5.74) is 6.99. The number of nitrogen functional groups attached to an aromatic ring is 1. The number of nitrogens with one attached hydrogen (secondary N) is 1. The van der Waals surface area contributed by atoms with Gasteiger partial charge in [0, 0.05) is 17.7 Å². The monoisotopic (exact) mass is 280 g/mol. The Morgan fingerprint density at radius 1 is 1.30 bits per heavy atom. The second-order valence-corrected chi connectivity index (χ2v) is 4.37. The van der Waals surface area contributed by atoms with Crippen LogP contribution in [-0.2, 0) is 9.59 Å². The van der Waals surface area contributed by atoms with E-state index in [-0.39, 0.29) is 12.8 Å². The third-order valence-corrected chi connectivity index (χ3v) is 2.75. The molecule has 5 N–H and O–H groups in total. The maximum Gasteiger partial charge on any atom is 0.326 e. The number of hydrogen-bond donors (Lipinski definition) is 4. The predicted octanol–water partition coefficient (Wildman–Crippen LogP) is 0.625. The van der Waals surface area contributed by atoms with Gasteiger partial charge in [0.05, 0.1) is 0 Å². The van der Waals surface area contributed by atoms with Crippen molar-refractivity contribution >= 4 is 23.5 Å². The highest BCUT2D eigenvalue weighted by Gasteiger charge is 2.22. The molecular weight excluding hydrogens is 264 g/mol. The molecule has 1 atom stereocenters. The molecule has 1 rings (SSSR count). The van der Waals surface area contributed by atoms with Crippen LogP contribution >= 0.6 is 0 Å². The van der Waals surface area contributed by atoms with Gasteiger partial charge in [-0.15, -0.1) is 0 Å². The number of carboxylic acid groups (broad SMARTS) is 2.